The number of piperazine rings is 1. The molecule has 0 aliphatic carbocycles. The standard InChI is InChI=1S/C22H19ClF2N4O3S2/c23-14-8-13-19-20(18(14)12-2-1-11(24)7-15(12)25)33-6-5-29(19)22(30)27-21(13)28-4-3-26-16-9-34(31,32)10-17(16)28/h1-2,7-8,16-17,26H,3-6,9-10H2/t16-,17?/m0/s1. The van der Waals surface area contributed by atoms with Crippen molar-refractivity contribution in [1.29, 1.82) is 0 Å². The molecule has 4 heterocycles. The predicted molar refractivity (Wildman–Crippen MR) is 129 cm³/mol. The average Bonchev–Trinajstić information content (AvgIpc) is 3.11. The van der Waals surface area contributed by atoms with Gasteiger partial charge in [0.2, 0.25) is 0 Å². The summed E-state index contributed by atoms with van der Waals surface area (Å²) in [6.07, 6.45) is 0. The van der Waals surface area contributed by atoms with E-state index in [0.717, 1.165) is 6.07 Å². The van der Waals surface area contributed by atoms with Crippen LogP contribution in [0.2, 0.25) is 5.02 Å². The van der Waals surface area contributed by atoms with Crippen LogP contribution in [0.3, 0.4) is 0 Å². The second-order valence-corrected chi connectivity index (χ2v) is 12.4. The number of aryl methyl sites for hydroxylation is 1. The molecule has 6 rings (SSSR count). The number of anilines is 1. The highest BCUT2D eigenvalue weighted by Gasteiger charge is 2.44. The Bertz CT molecular complexity index is 1530. The summed E-state index contributed by atoms with van der Waals surface area (Å²) in [4.78, 5) is 20.0. The third kappa shape index (κ3) is 3.43. The Morgan fingerprint density at radius 1 is 1.18 bits per heavy atom. The van der Waals surface area contributed by atoms with Crippen molar-refractivity contribution in [2.45, 2.75) is 23.5 Å². The molecule has 2 atom stereocenters. The van der Waals surface area contributed by atoms with Gasteiger partial charge < -0.3 is 10.2 Å². The van der Waals surface area contributed by atoms with Crippen LogP contribution in [0, 0.1) is 11.6 Å². The van der Waals surface area contributed by atoms with Gasteiger partial charge in [-0.1, -0.05) is 11.6 Å². The van der Waals surface area contributed by atoms with E-state index >= 15 is 0 Å². The zero-order chi connectivity index (χ0) is 23.8. The molecule has 2 saturated heterocycles. The number of thioether (sulfide) groups is 1. The number of rotatable bonds is 2. The molecule has 2 fully saturated rings. The lowest BCUT2D eigenvalue weighted by atomic mass is 10.0. The molecule has 34 heavy (non-hydrogen) atoms. The number of aromatic nitrogens is 2. The predicted octanol–water partition coefficient (Wildman–Crippen LogP) is 2.68. The minimum absolute atomic E-state index is 0.0227. The lowest BCUT2D eigenvalue weighted by molar-refractivity contribution is 0.423. The van der Waals surface area contributed by atoms with Crippen LogP contribution < -0.4 is 15.9 Å². The van der Waals surface area contributed by atoms with Crippen molar-refractivity contribution in [3.8, 4) is 11.1 Å². The second-order valence-electron chi connectivity index (χ2n) is 8.70. The van der Waals surface area contributed by atoms with Gasteiger partial charge in [0.25, 0.3) is 0 Å². The van der Waals surface area contributed by atoms with Crippen LogP contribution >= 0.6 is 23.4 Å². The number of nitrogens with zero attached hydrogens (tertiary/aromatic N) is 3. The van der Waals surface area contributed by atoms with Crippen molar-refractivity contribution in [3.63, 3.8) is 0 Å². The molecule has 3 aliphatic rings. The highest BCUT2D eigenvalue weighted by molar-refractivity contribution is 7.99. The van der Waals surface area contributed by atoms with E-state index in [1.807, 2.05) is 4.90 Å². The van der Waals surface area contributed by atoms with Crippen LogP contribution in [0.4, 0.5) is 14.6 Å². The van der Waals surface area contributed by atoms with Crippen LogP contribution in [0.15, 0.2) is 34.0 Å². The molecular weight excluding hydrogens is 506 g/mol. The summed E-state index contributed by atoms with van der Waals surface area (Å²) in [6.45, 7) is 1.46. The van der Waals surface area contributed by atoms with Crippen molar-refractivity contribution in [3.05, 3.63) is 51.4 Å². The molecule has 3 aromatic rings. The molecule has 12 heteroatoms. The van der Waals surface area contributed by atoms with Crippen LogP contribution in [0.25, 0.3) is 22.0 Å². The first-order valence-electron chi connectivity index (χ1n) is 10.8. The molecule has 7 nitrogen and oxygen atoms in total. The Kier molecular flexibility index (Phi) is 5.18. The molecule has 0 bridgehead atoms. The number of hydrogen-bond donors (Lipinski definition) is 1. The quantitative estimate of drug-likeness (QED) is 0.552. The van der Waals surface area contributed by atoms with Gasteiger partial charge in [0, 0.05) is 58.9 Å². The summed E-state index contributed by atoms with van der Waals surface area (Å²) in [7, 11) is -3.22. The van der Waals surface area contributed by atoms with Gasteiger partial charge >= 0.3 is 5.69 Å². The first-order chi connectivity index (χ1) is 16.2. The van der Waals surface area contributed by atoms with E-state index in [4.69, 9.17) is 11.6 Å². The molecule has 1 N–H and O–H groups in total. The van der Waals surface area contributed by atoms with E-state index in [1.165, 1.54) is 23.9 Å². The van der Waals surface area contributed by atoms with Crippen LogP contribution in [0.1, 0.15) is 0 Å². The fourth-order valence-corrected chi connectivity index (χ4v) is 8.76. The fraction of sp³-hybridized carbons (Fsp3) is 0.364. The SMILES string of the molecule is O=c1nc(N2CCN[C@H]3CS(=O)(=O)CC32)c2cc(Cl)c(-c3ccc(F)cc3F)c3c2n1CCS3. The van der Waals surface area contributed by atoms with E-state index in [0.29, 0.717) is 52.6 Å². The van der Waals surface area contributed by atoms with E-state index < -0.39 is 27.2 Å². The summed E-state index contributed by atoms with van der Waals surface area (Å²) < 4.78 is 54.6. The van der Waals surface area contributed by atoms with Crippen LogP contribution in [-0.4, -0.2) is 60.4 Å². The Labute approximate surface area is 203 Å². The third-order valence-corrected chi connectivity index (χ3v) is 9.75. The Morgan fingerprint density at radius 2 is 2.00 bits per heavy atom. The van der Waals surface area contributed by atoms with Crippen molar-refractivity contribution in [1.82, 2.24) is 14.9 Å². The Hall–Kier alpha value is -2.21. The molecule has 1 aromatic heterocycles. The maximum absolute atomic E-state index is 14.8. The van der Waals surface area contributed by atoms with Gasteiger partial charge in [-0.15, -0.1) is 11.8 Å². The summed E-state index contributed by atoms with van der Waals surface area (Å²) >= 11 is 8.16. The summed E-state index contributed by atoms with van der Waals surface area (Å²) in [5, 5.41) is 4.13. The van der Waals surface area contributed by atoms with Gasteiger partial charge in [-0.2, -0.15) is 4.98 Å². The number of sulfone groups is 1. The number of hydrogen-bond acceptors (Lipinski definition) is 7. The molecule has 178 valence electrons. The van der Waals surface area contributed by atoms with Crippen molar-refractivity contribution in [2.24, 2.45) is 0 Å². The van der Waals surface area contributed by atoms with Gasteiger partial charge in [-0.05, 0) is 18.2 Å². The largest absolute Gasteiger partial charge is 0.350 e. The maximum Gasteiger partial charge on any atom is 0.350 e. The van der Waals surface area contributed by atoms with Crippen molar-refractivity contribution < 1.29 is 17.2 Å². The highest BCUT2D eigenvalue weighted by atomic mass is 35.5. The zero-order valence-electron chi connectivity index (χ0n) is 17.7. The summed E-state index contributed by atoms with van der Waals surface area (Å²) in [5.74, 6) is -0.461. The van der Waals surface area contributed by atoms with Crippen LogP contribution in [0.5, 0.6) is 0 Å². The minimum Gasteiger partial charge on any atom is -0.349 e. The Morgan fingerprint density at radius 3 is 2.79 bits per heavy atom. The van der Waals surface area contributed by atoms with E-state index in [1.54, 1.807) is 10.6 Å². The first kappa shape index (κ1) is 22.3. The molecule has 0 saturated carbocycles. The van der Waals surface area contributed by atoms with Gasteiger partial charge in [-0.3, -0.25) is 4.57 Å². The topological polar surface area (TPSA) is 84.3 Å². The average molecular weight is 525 g/mol. The highest BCUT2D eigenvalue weighted by Crippen LogP contribution is 2.46. The summed E-state index contributed by atoms with van der Waals surface area (Å²) in [5.41, 5.74) is 0.695. The second kappa shape index (κ2) is 7.91. The fourth-order valence-electron chi connectivity index (χ4n) is 5.24. The molecule has 0 radical (unpaired) electrons. The normalized spacial score (nSPS) is 23.3. The zero-order valence-corrected chi connectivity index (χ0v) is 20.1. The lowest BCUT2D eigenvalue weighted by Crippen LogP contribution is -2.58. The monoisotopic (exact) mass is 524 g/mol. The van der Waals surface area contributed by atoms with E-state index in [-0.39, 0.29) is 34.2 Å². The smallest absolute Gasteiger partial charge is 0.349 e. The van der Waals surface area contributed by atoms with E-state index in [9.17, 15) is 22.0 Å². The van der Waals surface area contributed by atoms with Gasteiger partial charge in [0.1, 0.15) is 17.5 Å². The van der Waals surface area contributed by atoms with E-state index in [2.05, 4.69) is 10.3 Å². The molecule has 1 unspecified atom stereocenters. The molecule has 3 aliphatic heterocycles. The third-order valence-electron chi connectivity index (χ3n) is 6.67. The van der Waals surface area contributed by atoms with Gasteiger partial charge in [0.15, 0.2) is 9.84 Å². The number of halogens is 3. The number of benzene rings is 2. The molecule has 0 spiro atoms. The molecule has 2 aromatic carbocycles. The lowest BCUT2D eigenvalue weighted by Gasteiger charge is -2.39. The van der Waals surface area contributed by atoms with Crippen LogP contribution in [-0.2, 0) is 16.4 Å². The van der Waals surface area contributed by atoms with Crippen molar-refractivity contribution in [2.75, 3.05) is 35.2 Å². The van der Waals surface area contributed by atoms with Crippen molar-refractivity contribution >= 4 is 49.9 Å². The van der Waals surface area contributed by atoms with Gasteiger partial charge in [0.05, 0.1) is 28.1 Å². The Balaban J connectivity index is 1.62. The maximum atomic E-state index is 14.8. The van der Waals surface area contributed by atoms with Gasteiger partial charge in [-0.25, -0.2) is 22.0 Å². The summed E-state index contributed by atoms with van der Waals surface area (Å²) in [6, 6.07) is 4.38. The first-order valence-corrected chi connectivity index (χ1v) is 14.0. The minimum atomic E-state index is -3.22. The molecular formula is C22H19ClF2N4O3S2. The number of nitrogens with one attached hydrogen (secondary N) is 1. The number of fused-ring (bicyclic) bond motifs is 1. The molecule has 0 amide bonds.